The van der Waals surface area contributed by atoms with Crippen molar-refractivity contribution in [3.63, 3.8) is 0 Å². The fourth-order valence-corrected chi connectivity index (χ4v) is 4.41. The smallest absolute Gasteiger partial charge is 0.257 e. The molecule has 1 aliphatic rings. The summed E-state index contributed by atoms with van der Waals surface area (Å²) in [5.74, 6) is 0.708. The van der Waals surface area contributed by atoms with Gasteiger partial charge in [0.05, 0.1) is 23.0 Å². The van der Waals surface area contributed by atoms with Crippen LogP contribution in [0.15, 0.2) is 72.0 Å². The van der Waals surface area contributed by atoms with Gasteiger partial charge < -0.3 is 20.5 Å². The standard InChI is InChI=1S/C25H26N6O/c1-26-18-9-14-31(15-10-18)19-2-5-23(29-16-19)30-22-4-3-20(17-6-11-27-12-7-17)21-8-13-28-25(32)24(21)22/h2-8,11-13,16,18,26H,9-10,14-15H2,1H3,(H,28,32)(H,29,30). The van der Waals surface area contributed by atoms with Gasteiger partial charge in [0.15, 0.2) is 0 Å². The first-order chi connectivity index (χ1) is 15.7. The molecule has 3 N–H and O–H groups in total. The van der Waals surface area contributed by atoms with Gasteiger partial charge >= 0.3 is 0 Å². The number of H-pyrrole nitrogens is 1. The van der Waals surface area contributed by atoms with Crippen molar-refractivity contribution in [1.29, 1.82) is 0 Å². The Morgan fingerprint density at radius 1 is 1.03 bits per heavy atom. The maximum Gasteiger partial charge on any atom is 0.257 e. The van der Waals surface area contributed by atoms with Crippen LogP contribution in [-0.2, 0) is 0 Å². The number of benzene rings is 1. The Labute approximate surface area is 186 Å². The van der Waals surface area contributed by atoms with Crippen LogP contribution in [-0.4, -0.2) is 41.1 Å². The Balaban J connectivity index is 1.43. The molecule has 5 rings (SSSR count). The van der Waals surface area contributed by atoms with Crippen LogP contribution in [0.25, 0.3) is 21.9 Å². The minimum atomic E-state index is -0.134. The van der Waals surface area contributed by atoms with Crippen molar-refractivity contribution in [3.8, 4) is 11.1 Å². The fraction of sp³-hybridized carbons (Fsp3) is 0.240. The van der Waals surface area contributed by atoms with Gasteiger partial charge in [-0.05, 0) is 72.8 Å². The second-order valence-corrected chi connectivity index (χ2v) is 8.07. The Kier molecular flexibility index (Phi) is 5.56. The van der Waals surface area contributed by atoms with Crippen LogP contribution in [0.4, 0.5) is 17.2 Å². The van der Waals surface area contributed by atoms with Gasteiger partial charge in [-0.2, -0.15) is 0 Å². The topological polar surface area (TPSA) is 85.9 Å². The number of nitrogens with zero attached hydrogens (tertiary/aromatic N) is 3. The van der Waals surface area contributed by atoms with Crippen LogP contribution in [0.1, 0.15) is 12.8 Å². The summed E-state index contributed by atoms with van der Waals surface area (Å²) in [6.45, 7) is 2.05. The Hall–Kier alpha value is -3.71. The number of fused-ring (bicyclic) bond motifs is 1. The second-order valence-electron chi connectivity index (χ2n) is 8.07. The van der Waals surface area contributed by atoms with E-state index in [-0.39, 0.29) is 5.56 Å². The lowest BCUT2D eigenvalue weighted by Gasteiger charge is -2.33. The molecule has 0 aliphatic carbocycles. The number of pyridine rings is 3. The summed E-state index contributed by atoms with van der Waals surface area (Å²) < 4.78 is 0. The third-order valence-electron chi connectivity index (χ3n) is 6.21. The molecule has 4 aromatic rings. The monoisotopic (exact) mass is 426 g/mol. The van der Waals surface area contributed by atoms with E-state index in [0.29, 0.717) is 17.2 Å². The van der Waals surface area contributed by atoms with Crippen LogP contribution in [0.2, 0.25) is 0 Å². The van der Waals surface area contributed by atoms with E-state index in [2.05, 4.69) is 36.6 Å². The van der Waals surface area contributed by atoms with E-state index in [1.807, 2.05) is 49.6 Å². The first kappa shape index (κ1) is 20.2. The molecule has 0 radical (unpaired) electrons. The van der Waals surface area contributed by atoms with Crippen LogP contribution < -0.4 is 21.1 Å². The zero-order valence-corrected chi connectivity index (χ0v) is 18.0. The normalized spacial score (nSPS) is 14.6. The van der Waals surface area contributed by atoms with Gasteiger partial charge in [-0.15, -0.1) is 0 Å². The molecule has 0 bridgehead atoms. The third-order valence-corrected chi connectivity index (χ3v) is 6.21. The number of hydrogen-bond donors (Lipinski definition) is 3. The van der Waals surface area contributed by atoms with Gasteiger partial charge in [0.2, 0.25) is 0 Å². The molecule has 1 aliphatic heterocycles. The fourth-order valence-electron chi connectivity index (χ4n) is 4.41. The van der Waals surface area contributed by atoms with E-state index in [1.165, 1.54) is 0 Å². The third kappa shape index (κ3) is 3.94. The number of rotatable bonds is 5. The van der Waals surface area contributed by atoms with Gasteiger partial charge in [-0.3, -0.25) is 9.78 Å². The SMILES string of the molecule is CNC1CCN(c2ccc(Nc3ccc(-c4ccncc4)c4cc[nH]c(=O)c34)nc2)CC1. The average molecular weight is 427 g/mol. The minimum Gasteiger partial charge on any atom is -0.370 e. The summed E-state index contributed by atoms with van der Waals surface area (Å²) in [6.07, 6.45) is 9.37. The van der Waals surface area contributed by atoms with Crippen LogP contribution in [0, 0.1) is 0 Å². The van der Waals surface area contributed by atoms with Gasteiger partial charge in [-0.25, -0.2) is 4.98 Å². The number of nitrogens with one attached hydrogen (secondary N) is 3. The summed E-state index contributed by atoms with van der Waals surface area (Å²) in [7, 11) is 2.03. The van der Waals surface area contributed by atoms with Crippen LogP contribution >= 0.6 is 0 Å². The summed E-state index contributed by atoms with van der Waals surface area (Å²) >= 11 is 0. The number of anilines is 3. The highest BCUT2D eigenvalue weighted by Crippen LogP contribution is 2.32. The van der Waals surface area contributed by atoms with Gasteiger partial charge in [0.25, 0.3) is 5.56 Å². The molecule has 1 aromatic carbocycles. The maximum absolute atomic E-state index is 12.7. The van der Waals surface area contributed by atoms with E-state index in [9.17, 15) is 4.79 Å². The first-order valence-electron chi connectivity index (χ1n) is 10.9. The highest BCUT2D eigenvalue weighted by Gasteiger charge is 2.18. The van der Waals surface area contributed by atoms with E-state index in [1.54, 1.807) is 18.6 Å². The zero-order valence-electron chi connectivity index (χ0n) is 18.0. The molecule has 32 heavy (non-hydrogen) atoms. The molecule has 7 heteroatoms. The number of aromatic nitrogens is 3. The maximum atomic E-state index is 12.7. The lowest BCUT2D eigenvalue weighted by molar-refractivity contribution is 0.442. The largest absolute Gasteiger partial charge is 0.370 e. The van der Waals surface area contributed by atoms with Gasteiger partial charge in [0.1, 0.15) is 5.82 Å². The van der Waals surface area contributed by atoms with Crippen molar-refractivity contribution < 1.29 is 0 Å². The molecule has 162 valence electrons. The zero-order chi connectivity index (χ0) is 21.9. The number of piperidine rings is 1. The highest BCUT2D eigenvalue weighted by molar-refractivity contribution is 6.03. The van der Waals surface area contributed by atoms with E-state index in [0.717, 1.165) is 53.8 Å². The van der Waals surface area contributed by atoms with Crippen LogP contribution in [0.3, 0.4) is 0 Å². The molecule has 7 nitrogen and oxygen atoms in total. The van der Waals surface area contributed by atoms with Crippen LogP contribution in [0.5, 0.6) is 0 Å². The Morgan fingerprint density at radius 3 is 2.56 bits per heavy atom. The van der Waals surface area contributed by atoms with Crippen molar-refractivity contribution in [2.75, 3.05) is 30.4 Å². The van der Waals surface area contributed by atoms with Crippen molar-refractivity contribution in [2.45, 2.75) is 18.9 Å². The second kappa shape index (κ2) is 8.80. The molecular weight excluding hydrogens is 400 g/mol. The van der Waals surface area contributed by atoms with Crippen molar-refractivity contribution in [2.24, 2.45) is 0 Å². The van der Waals surface area contributed by atoms with Crippen molar-refractivity contribution in [1.82, 2.24) is 20.3 Å². The van der Waals surface area contributed by atoms with Gasteiger partial charge in [-0.1, -0.05) is 6.07 Å². The number of aromatic amines is 1. The van der Waals surface area contributed by atoms with Crippen molar-refractivity contribution in [3.05, 3.63) is 77.6 Å². The van der Waals surface area contributed by atoms with Crippen molar-refractivity contribution >= 4 is 28.0 Å². The lowest BCUT2D eigenvalue weighted by atomic mass is 9.99. The molecule has 4 heterocycles. The molecule has 0 saturated carbocycles. The lowest BCUT2D eigenvalue weighted by Crippen LogP contribution is -2.41. The molecule has 0 unspecified atom stereocenters. The van der Waals surface area contributed by atoms with E-state index < -0.39 is 0 Å². The van der Waals surface area contributed by atoms with E-state index >= 15 is 0 Å². The predicted octanol–water partition coefficient (Wildman–Crippen LogP) is 3.92. The first-order valence-corrected chi connectivity index (χ1v) is 10.9. The number of hydrogen-bond acceptors (Lipinski definition) is 6. The summed E-state index contributed by atoms with van der Waals surface area (Å²) in [4.78, 5) is 26.6. The molecule has 0 amide bonds. The molecule has 0 atom stereocenters. The Morgan fingerprint density at radius 2 is 1.84 bits per heavy atom. The molecule has 1 saturated heterocycles. The molecule has 3 aromatic heterocycles. The summed E-state index contributed by atoms with van der Waals surface area (Å²) in [5, 5.41) is 8.20. The average Bonchev–Trinajstić information content (AvgIpc) is 2.85. The van der Waals surface area contributed by atoms with E-state index in [4.69, 9.17) is 0 Å². The quantitative estimate of drug-likeness (QED) is 0.449. The Bertz CT molecular complexity index is 1260. The molecule has 0 spiro atoms. The molecule has 1 fully saturated rings. The minimum absolute atomic E-state index is 0.134. The highest BCUT2D eigenvalue weighted by atomic mass is 16.1. The molecular formula is C25H26N6O. The van der Waals surface area contributed by atoms with Gasteiger partial charge in [0, 0.05) is 37.7 Å². The summed E-state index contributed by atoms with van der Waals surface area (Å²) in [6, 6.07) is 14.5. The summed E-state index contributed by atoms with van der Waals surface area (Å²) in [5.41, 5.74) is 3.74. The predicted molar refractivity (Wildman–Crippen MR) is 130 cm³/mol.